The summed E-state index contributed by atoms with van der Waals surface area (Å²) < 4.78 is 1.89. The van der Waals surface area contributed by atoms with Gasteiger partial charge < -0.3 is 15.2 Å². The maximum atomic E-state index is 12.9. The number of allylic oxidation sites excluding steroid dienone is 1. The monoisotopic (exact) mass is 511 g/mol. The number of hydrogen-bond donors (Lipinski definition) is 2. The van der Waals surface area contributed by atoms with Crippen molar-refractivity contribution >= 4 is 40.9 Å². The SMILES string of the molecule is C=CCn1c(SCC(=O)Nc2ccc(Cl)cc2C)nnc1[C@H](NC(=O)c1cccc(C)c1)C(C)C. The number of hydrogen-bond acceptors (Lipinski definition) is 5. The number of rotatable bonds is 10. The summed E-state index contributed by atoms with van der Waals surface area (Å²) in [5, 5.41) is 15.9. The number of carbonyl (C=O) groups excluding carboxylic acids is 2. The molecule has 0 fully saturated rings. The highest BCUT2D eigenvalue weighted by Crippen LogP contribution is 2.26. The lowest BCUT2D eigenvalue weighted by Crippen LogP contribution is -2.34. The van der Waals surface area contributed by atoms with Crippen molar-refractivity contribution in [3.8, 4) is 0 Å². The van der Waals surface area contributed by atoms with E-state index in [1.807, 2.05) is 50.5 Å². The molecule has 0 bridgehead atoms. The maximum absolute atomic E-state index is 12.9. The fraction of sp³-hybridized carbons (Fsp3) is 0.308. The Balaban J connectivity index is 1.75. The molecule has 2 amide bonds. The van der Waals surface area contributed by atoms with Crippen LogP contribution in [0.15, 0.2) is 60.3 Å². The fourth-order valence-electron chi connectivity index (χ4n) is 3.56. The highest BCUT2D eigenvalue weighted by molar-refractivity contribution is 7.99. The zero-order valence-corrected chi connectivity index (χ0v) is 21.9. The lowest BCUT2D eigenvalue weighted by atomic mass is 10.0. The van der Waals surface area contributed by atoms with E-state index in [1.54, 1.807) is 30.3 Å². The van der Waals surface area contributed by atoms with Gasteiger partial charge in [0, 0.05) is 22.8 Å². The van der Waals surface area contributed by atoms with Crippen molar-refractivity contribution in [3.63, 3.8) is 0 Å². The van der Waals surface area contributed by atoms with Gasteiger partial charge in [-0.3, -0.25) is 9.59 Å². The Morgan fingerprint density at radius 1 is 1.17 bits per heavy atom. The summed E-state index contributed by atoms with van der Waals surface area (Å²) in [7, 11) is 0. The molecule has 0 saturated carbocycles. The molecule has 2 N–H and O–H groups in total. The van der Waals surface area contributed by atoms with Crippen molar-refractivity contribution in [3.05, 3.63) is 82.7 Å². The van der Waals surface area contributed by atoms with Crippen LogP contribution in [-0.2, 0) is 11.3 Å². The van der Waals surface area contributed by atoms with Crippen LogP contribution in [0.25, 0.3) is 0 Å². The number of thioether (sulfide) groups is 1. The molecule has 184 valence electrons. The summed E-state index contributed by atoms with van der Waals surface area (Å²) in [6.07, 6.45) is 1.74. The summed E-state index contributed by atoms with van der Waals surface area (Å²) >= 11 is 7.28. The van der Waals surface area contributed by atoms with Crippen molar-refractivity contribution in [2.45, 2.75) is 45.4 Å². The zero-order chi connectivity index (χ0) is 25.5. The first kappa shape index (κ1) is 26.5. The summed E-state index contributed by atoms with van der Waals surface area (Å²) in [6, 6.07) is 12.4. The molecule has 0 radical (unpaired) electrons. The summed E-state index contributed by atoms with van der Waals surface area (Å²) in [5.41, 5.74) is 3.21. The first-order chi connectivity index (χ1) is 16.7. The van der Waals surface area contributed by atoms with Crippen LogP contribution in [0.1, 0.15) is 47.2 Å². The first-order valence-corrected chi connectivity index (χ1v) is 12.7. The number of benzene rings is 2. The van der Waals surface area contributed by atoms with Crippen LogP contribution in [0.3, 0.4) is 0 Å². The molecular formula is C26H30ClN5O2S. The molecule has 0 unspecified atom stereocenters. The van der Waals surface area contributed by atoms with Gasteiger partial charge in [0.05, 0.1) is 11.8 Å². The van der Waals surface area contributed by atoms with E-state index in [-0.39, 0.29) is 29.5 Å². The van der Waals surface area contributed by atoms with Crippen molar-refractivity contribution in [2.24, 2.45) is 5.92 Å². The van der Waals surface area contributed by atoms with Gasteiger partial charge >= 0.3 is 0 Å². The lowest BCUT2D eigenvalue weighted by Gasteiger charge is -2.22. The van der Waals surface area contributed by atoms with Gasteiger partial charge in [0.25, 0.3) is 5.91 Å². The van der Waals surface area contributed by atoms with Crippen LogP contribution in [0.4, 0.5) is 5.69 Å². The average molecular weight is 512 g/mol. The quantitative estimate of drug-likeness (QED) is 0.273. The third-order valence-corrected chi connectivity index (χ3v) is 6.57. The van der Waals surface area contributed by atoms with Crippen LogP contribution in [0.2, 0.25) is 5.02 Å². The Morgan fingerprint density at radius 3 is 2.60 bits per heavy atom. The number of anilines is 1. The molecule has 2 aromatic carbocycles. The number of carbonyl (C=O) groups is 2. The molecule has 3 aromatic rings. The molecule has 0 saturated heterocycles. The van der Waals surface area contributed by atoms with Crippen LogP contribution < -0.4 is 10.6 Å². The topological polar surface area (TPSA) is 88.9 Å². The second kappa shape index (κ2) is 12.0. The second-order valence-corrected chi connectivity index (χ2v) is 9.98. The number of nitrogens with one attached hydrogen (secondary N) is 2. The summed E-state index contributed by atoms with van der Waals surface area (Å²) in [6.45, 7) is 12.2. The number of nitrogens with zero attached hydrogens (tertiary/aromatic N) is 3. The van der Waals surface area contributed by atoms with Gasteiger partial charge in [-0.05, 0) is 55.7 Å². The van der Waals surface area contributed by atoms with Crippen LogP contribution in [0.5, 0.6) is 0 Å². The third kappa shape index (κ3) is 6.96. The molecule has 0 aliphatic heterocycles. The van der Waals surface area contributed by atoms with Gasteiger partial charge in [-0.15, -0.1) is 16.8 Å². The van der Waals surface area contributed by atoms with E-state index >= 15 is 0 Å². The normalized spacial score (nSPS) is 11.8. The predicted octanol–water partition coefficient (Wildman–Crippen LogP) is 5.59. The van der Waals surface area contributed by atoms with Gasteiger partial charge in [0.15, 0.2) is 11.0 Å². The second-order valence-electron chi connectivity index (χ2n) is 8.60. The smallest absolute Gasteiger partial charge is 0.251 e. The van der Waals surface area contributed by atoms with Gasteiger partial charge in [-0.1, -0.05) is 61.0 Å². The zero-order valence-electron chi connectivity index (χ0n) is 20.3. The Kier molecular flexibility index (Phi) is 9.12. The Bertz CT molecular complexity index is 1220. The van der Waals surface area contributed by atoms with Gasteiger partial charge in [0.1, 0.15) is 0 Å². The summed E-state index contributed by atoms with van der Waals surface area (Å²) in [4.78, 5) is 25.5. The molecule has 0 aliphatic rings. The standard InChI is InChI=1S/C26H30ClN5O2S/c1-6-12-32-24(23(16(2)3)29-25(34)19-9-7-8-17(4)13-19)30-31-26(32)35-15-22(33)28-21-11-10-20(27)14-18(21)5/h6-11,13-14,16,23H,1,12,15H2,2-5H3,(H,28,33)(H,29,34)/t23-/m1/s1. The van der Waals surface area contributed by atoms with Crippen LogP contribution in [0, 0.1) is 19.8 Å². The Morgan fingerprint density at radius 2 is 1.94 bits per heavy atom. The van der Waals surface area contributed by atoms with E-state index in [9.17, 15) is 9.59 Å². The predicted molar refractivity (Wildman–Crippen MR) is 142 cm³/mol. The average Bonchev–Trinajstić information content (AvgIpc) is 3.20. The Labute approximate surface area is 215 Å². The van der Waals surface area contributed by atoms with Gasteiger partial charge in [-0.25, -0.2) is 0 Å². The minimum Gasteiger partial charge on any atom is -0.342 e. The minimum atomic E-state index is -0.365. The van der Waals surface area contributed by atoms with E-state index in [4.69, 9.17) is 11.6 Å². The van der Waals surface area contributed by atoms with Crippen molar-refractivity contribution < 1.29 is 9.59 Å². The van der Waals surface area contributed by atoms with Gasteiger partial charge in [-0.2, -0.15) is 0 Å². The molecule has 3 rings (SSSR count). The molecule has 1 heterocycles. The lowest BCUT2D eigenvalue weighted by molar-refractivity contribution is -0.113. The van der Waals surface area contributed by atoms with E-state index in [2.05, 4.69) is 27.4 Å². The fourth-order valence-corrected chi connectivity index (χ4v) is 4.54. The number of halogens is 1. The van der Waals surface area contributed by atoms with Crippen molar-refractivity contribution in [1.82, 2.24) is 20.1 Å². The van der Waals surface area contributed by atoms with Gasteiger partial charge in [0.2, 0.25) is 5.91 Å². The molecular weight excluding hydrogens is 482 g/mol. The minimum absolute atomic E-state index is 0.0607. The largest absolute Gasteiger partial charge is 0.342 e. The molecule has 9 heteroatoms. The summed E-state index contributed by atoms with van der Waals surface area (Å²) in [5.74, 6) is 0.498. The highest BCUT2D eigenvalue weighted by Gasteiger charge is 2.26. The van der Waals surface area contributed by atoms with Crippen LogP contribution >= 0.6 is 23.4 Å². The molecule has 1 aromatic heterocycles. The number of amides is 2. The number of aromatic nitrogens is 3. The van der Waals surface area contributed by atoms with Crippen molar-refractivity contribution in [2.75, 3.05) is 11.1 Å². The van der Waals surface area contributed by atoms with E-state index in [1.165, 1.54) is 11.8 Å². The molecule has 0 aliphatic carbocycles. The molecule has 0 spiro atoms. The number of aryl methyl sites for hydroxylation is 2. The first-order valence-electron chi connectivity index (χ1n) is 11.3. The highest BCUT2D eigenvalue weighted by atomic mass is 35.5. The molecule has 7 nitrogen and oxygen atoms in total. The Hall–Kier alpha value is -3.10. The molecule has 1 atom stereocenters. The van der Waals surface area contributed by atoms with Crippen LogP contribution in [-0.4, -0.2) is 32.3 Å². The van der Waals surface area contributed by atoms with Crippen molar-refractivity contribution in [1.29, 1.82) is 0 Å². The van der Waals surface area contributed by atoms with E-state index in [0.717, 1.165) is 11.1 Å². The maximum Gasteiger partial charge on any atom is 0.251 e. The molecule has 35 heavy (non-hydrogen) atoms. The third-order valence-electron chi connectivity index (χ3n) is 5.36. The van der Waals surface area contributed by atoms with E-state index < -0.39 is 0 Å². The van der Waals surface area contributed by atoms with E-state index in [0.29, 0.717) is 33.8 Å².